The average molecular weight is 301 g/mol. The fraction of sp³-hybridized carbons (Fsp3) is 0.733. The number of likely N-dealkylation sites (tertiary alicyclic amines) is 1. The zero-order valence-corrected chi connectivity index (χ0v) is 12.9. The van der Waals surface area contributed by atoms with Crippen molar-refractivity contribution in [1.82, 2.24) is 14.9 Å². The molecule has 1 fully saturated rings. The molecule has 0 spiro atoms. The predicted molar refractivity (Wildman–Crippen MR) is 75.0 cm³/mol. The van der Waals surface area contributed by atoms with E-state index in [0.717, 1.165) is 11.4 Å². The van der Waals surface area contributed by atoms with E-state index in [2.05, 4.69) is 30.7 Å². The first kappa shape index (κ1) is 16.2. The van der Waals surface area contributed by atoms with Gasteiger partial charge in [-0.1, -0.05) is 20.8 Å². The van der Waals surface area contributed by atoms with Crippen LogP contribution in [0.4, 0.5) is 13.2 Å². The van der Waals surface area contributed by atoms with Crippen LogP contribution in [-0.4, -0.2) is 40.2 Å². The lowest BCUT2D eigenvalue weighted by molar-refractivity contribution is -0.193. The average Bonchev–Trinajstić information content (AvgIpc) is 2.30. The summed E-state index contributed by atoms with van der Waals surface area (Å²) < 4.78 is 37.8. The zero-order valence-electron chi connectivity index (χ0n) is 12.9. The second-order valence-electron chi connectivity index (χ2n) is 6.89. The minimum atomic E-state index is -4.14. The third-order valence-corrected chi connectivity index (χ3v) is 4.00. The predicted octanol–water partition coefficient (Wildman–Crippen LogP) is 3.20. The summed E-state index contributed by atoms with van der Waals surface area (Å²) in [4.78, 5) is 9.98. The molecule has 0 aliphatic carbocycles. The van der Waals surface area contributed by atoms with Gasteiger partial charge in [0.25, 0.3) is 0 Å². The number of rotatable bonds is 3. The maximum Gasteiger partial charge on any atom is 0.403 e. The maximum atomic E-state index is 12.6. The Morgan fingerprint density at radius 2 is 1.86 bits per heavy atom. The van der Waals surface area contributed by atoms with Crippen LogP contribution in [0.5, 0.6) is 0 Å². The lowest BCUT2D eigenvalue weighted by atomic mass is 9.89. The number of alkyl halides is 3. The molecule has 0 radical (unpaired) electrons. The number of hydrogen-bond donors (Lipinski definition) is 0. The van der Waals surface area contributed by atoms with Crippen molar-refractivity contribution < 1.29 is 13.2 Å². The van der Waals surface area contributed by atoms with Crippen LogP contribution in [0.15, 0.2) is 12.4 Å². The summed E-state index contributed by atoms with van der Waals surface area (Å²) in [5.74, 6) is 0.248. The Kier molecular flexibility index (Phi) is 4.29. The first-order chi connectivity index (χ1) is 9.57. The van der Waals surface area contributed by atoms with E-state index < -0.39 is 12.2 Å². The summed E-state index contributed by atoms with van der Waals surface area (Å²) in [6.45, 7) is 8.42. The minimum absolute atomic E-state index is 0.0475. The molecule has 1 aliphatic rings. The van der Waals surface area contributed by atoms with E-state index in [4.69, 9.17) is 0 Å². The molecule has 0 amide bonds. The van der Waals surface area contributed by atoms with Gasteiger partial charge in [-0.3, -0.25) is 4.90 Å². The number of nitrogens with zero attached hydrogens (tertiary/aromatic N) is 3. The van der Waals surface area contributed by atoms with Crippen molar-refractivity contribution in [2.45, 2.75) is 51.7 Å². The molecule has 0 bridgehead atoms. The van der Waals surface area contributed by atoms with Gasteiger partial charge in [-0.15, -0.1) is 0 Å². The van der Waals surface area contributed by atoms with E-state index in [9.17, 15) is 13.2 Å². The Morgan fingerprint density at radius 1 is 1.24 bits per heavy atom. The van der Waals surface area contributed by atoms with E-state index in [1.54, 1.807) is 6.33 Å². The molecule has 0 saturated carbocycles. The van der Waals surface area contributed by atoms with Crippen LogP contribution in [0.1, 0.15) is 39.1 Å². The van der Waals surface area contributed by atoms with Gasteiger partial charge in [0.05, 0.1) is 0 Å². The summed E-state index contributed by atoms with van der Waals surface area (Å²) in [7, 11) is 0. The summed E-state index contributed by atoms with van der Waals surface area (Å²) in [5, 5.41) is 0. The molecule has 21 heavy (non-hydrogen) atoms. The Hall–Kier alpha value is -1.17. The Bertz CT molecular complexity index is 488. The lowest BCUT2D eigenvalue weighted by Crippen LogP contribution is -2.56. The van der Waals surface area contributed by atoms with E-state index in [-0.39, 0.29) is 11.3 Å². The van der Waals surface area contributed by atoms with Crippen molar-refractivity contribution in [3.8, 4) is 0 Å². The molecule has 1 aliphatic heterocycles. The van der Waals surface area contributed by atoms with E-state index in [0.29, 0.717) is 19.5 Å². The van der Waals surface area contributed by atoms with Gasteiger partial charge in [0.15, 0.2) is 0 Å². The molecule has 6 heteroatoms. The van der Waals surface area contributed by atoms with Crippen molar-refractivity contribution >= 4 is 0 Å². The topological polar surface area (TPSA) is 29.0 Å². The van der Waals surface area contributed by atoms with Gasteiger partial charge >= 0.3 is 6.18 Å². The molecule has 1 aromatic heterocycles. The van der Waals surface area contributed by atoms with Gasteiger partial charge < -0.3 is 0 Å². The monoisotopic (exact) mass is 301 g/mol. The minimum Gasteiger partial charge on any atom is -0.292 e. The van der Waals surface area contributed by atoms with Crippen LogP contribution < -0.4 is 0 Å². The Balaban J connectivity index is 1.91. The van der Waals surface area contributed by atoms with Gasteiger partial charge in [0.2, 0.25) is 0 Å². The molecule has 0 aromatic carbocycles. The SMILES string of the molecule is C[C@H](N1CC(Cc2cc(C(C)(C)C)ncn2)C1)C(F)(F)F. The smallest absolute Gasteiger partial charge is 0.292 e. The van der Waals surface area contributed by atoms with Crippen LogP contribution in [0.25, 0.3) is 0 Å². The van der Waals surface area contributed by atoms with Gasteiger partial charge in [0.1, 0.15) is 12.4 Å². The second kappa shape index (κ2) is 5.55. The number of halogens is 3. The Labute approximate surface area is 123 Å². The molecule has 1 atom stereocenters. The third kappa shape index (κ3) is 3.93. The molecule has 1 aromatic rings. The van der Waals surface area contributed by atoms with Crippen molar-refractivity contribution in [2.24, 2.45) is 5.92 Å². The number of aromatic nitrogens is 2. The third-order valence-electron chi connectivity index (χ3n) is 4.00. The highest BCUT2D eigenvalue weighted by Gasteiger charge is 2.44. The summed E-state index contributed by atoms with van der Waals surface area (Å²) in [5.41, 5.74) is 1.83. The largest absolute Gasteiger partial charge is 0.403 e. The lowest BCUT2D eigenvalue weighted by Gasteiger charge is -2.43. The van der Waals surface area contributed by atoms with Gasteiger partial charge in [-0.25, -0.2) is 9.97 Å². The molecular weight excluding hydrogens is 279 g/mol. The first-order valence-corrected chi connectivity index (χ1v) is 7.19. The highest BCUT2D eigenvalue weighted by molar-refractivity contribution is 5.16. The van der Waals surface area contributed by atoms with Crippen molar-refractivity contribution in [3.05, 3.63) is 23.8 Å². The quantitative estimate of drug-likeness (QED) is 0.858. The van der Waals surface area contributed by atoms with Crippen molar-refractivity contribution in [2.75, 3.05) is 13.1 Å². The van der Waals surface area contributed by atoms with Crippen molar-refractivity contribution in [3.63, 3.8) is 0 Å². The molecule has 3 nitrogen and oxygen atoms in total. The molecule has 0 N–H and O–H groups in total. The summed E-state index contributed by atoms with van der Waals surface area (Å²) >= 11 is 0. The zero-order chi connectivity index (χ0) is 15.8. The standard InChI is InChI=1S/C15H22F3N3/c1-10(15(16,17)18)21-7-11(8-21)5-12-6-13(14(2,3)4)20-9-19-12/h6,9-11H,5,7-8H2,1-4H3/t10-/m0/s1. The Morgan fingerprint density at radius 3 is 2.38 bits per heavy atom. The first-order valence-electron chi connectivity index (χ1n) is 7.19. The molecule has 1 saturated heterocycles. The fourth-order valence-corrected chi connectivity index (χ4v) is 2.48. The van der Waals surface area contributed by atoms with Gasteiger partial charge in [-0.2, -0.15) is 13.2 Å². The number of hydrogen-bond acceptors (Lipinski definition) is 3. The fourth-order valence-electron chi connectivity index (χ4n) is 2.48. The van der Waals surface area contributed by atoms with Crippen LogP contribution >= 0.6 is 0 Å². The van der Waals surface area contributed by atoms with Gasteiger partial charge in [-0.05, 0) is 25.3 Å². The molecule has 2 heterocycles. The molecule has 118 valence electrons. The van der Waals surface area contributed by atoms with Crippen LogP contribution in [0.2, 0.25) is 0 Å². The van der Waals surface area contributed by atoms with Crippen molar-refractivity contribution in [1.29, 1.82) is 0 Å². The molecular formula is C15H22F3N3. The maximum absolute atomic E-state index is 12.6. The second-order valence-corrected chi connectivity index (χ2v) is 6.89. The summed E-state index contributed by atoms with van der Waals surface area (Å²) in [6.07, 6.45) is -1.88. The van der Waals surface area contributed by atoms with Crippen LogP contribution in [0.3, 0.4) is 0 Å². The van der Waals surface area contributed by atoms with E-state index in [1.165, 1.54) is 11.8 Å². The highest BCUT2D eigenvalue weighted by Crippen LogP contribution is 2.31. The summed E-state index contributed by atoms with van der Waals surface area (Å²) in [6, 6.07) is 0.611. The van der Waals surface area contributed by atoms with E-state index >= 15 is 0 Å². The normalized spacial score (nSPS) is 19.4. The van der Waals surface area contributed by atoms with Gasteiger partial charge in [0, 0.05) is 29.9 Å². The van der Waals surface area contributed by atoms with E-state index in [1.807, 2.05) is 6.07 Å². The molecule has 0 unspecified atom stereocenters. The van der Waals surface area contributed by atoms with Crippen LogP contribution in [0, 0.1) is 5.92 Å². The molecule has 2 rings (SSSR count). The van der Waals surface area contributed by atoms with Crippen LogP contribution in [-0.2, 0) is 11.8 Å². The highest BCUT2D eigenvalue weighted by atomic mass is 19.4.